The molecule has 1 rings (SSSR count). The highest BCUT2D eigenvalue weighted by Crippen LogP contribution is 2.27. The standard InChI is InChI=1S/C11H15Cl2NO/c1-7(2)10(14)6-15-11-5-8(12)3-4-9(11)13/h3-5,7,10H,6,14H2,1-2H3. The quantitative estimate of drug-likeness (QED) is 0.886. The van der Waals surface area contributed by atoms with Crippen molar-refractivity contribution in [1.29, 1.82) is 0 Å². The summed E-state index contributed by atoms with van der Waals surface area (Å²) in [6, 6.07) is 5.12. The molecule has 15 heavy (non-hydrogen) atoms. The van der Waals surface area contributed by atoms with Crippen LogP contribution in [0.25, 0.3) is 0 Å². The first-order valence-electron chi connectivity index (χ1n) is 4.84. The van der Waals surface area contributed by atoms with Crippen LogP contribution in [0.15, 0.2) is 18.2 Å². The third-order valence-corrected chi connectivity index (χ3v) is 2.73. The highest BCUT2D eigenvalue weighted by Gasteiger charge is 2.09. The summed E-state index contributed by atoms with van der Waals surface area (Å²) in [5.41, 5.74) is 5.85. The van der Waals surface area contributed by atoms with Gasteiger partial charge in [0.25, 0.3) is 0 Å². The molecule has 0 aliphatic rings. The lowest BCUT2D eigenvalue weighted by Crippen LogP contribution is -2.33. The number of rotatable bonds is 4. The summed E-state index contributed by atoms with van der Waals surface area (Å²) in [5.74, 6) is 0.961. The van der Waals surface area contributed by atoms with Crippen molar-refractivity contribution in [3.8, 4) is 5.75 Å². The van der Waals surface area contributed by atoms with Crippen molar-refractivity contribution in [2.75, 3.05) is 6.61 Å². The monoisotopic (exact) mass is 247 g/mol. The van der Waals surface area contributed by atoms with E-state index in [1.54, 1.807) is 18.2 Å². The molecular formula is C11H15Cl2NO. The third-order valence-electron chi connectivity index (χ3n) is 2.18. The first kappa shape index (κ1) is 12.6. The molecule has 0 saturated heterocycles. The summed E-state index contributed by atoms with van der Waals surface area (Å²) in [6.07, 6.45) is 0. The molecule has 0 saturated carbocycles. The molecule has 84 valence electrons. The minimum atomic E-state index is 0.0000447. The van der Waals surface area contributed by atoms with E-state index in [0.717, 1.165) is 0 Å². The van der Waals surface area contributed by atoms with Crippen LogP contribution >= 0.6 is 23.2 Å². The van der Waals surface area contributed by atoms with Crippen LogP contribution in [0.5, 0.6) is 5.75 Å². The summed E-state index contributed by atoms with van der Waals surface area (Å²) in [7, 11) is 0. The van der Waals surface area contributed by atoms with Crippen molar-refractivity contribution < 1.29 is 4.74 Å². The summed E-state index contributed by atoms with van der Waals surface area (Å²) < 4.78 is 5.50. The average Bonchev–Trinajstić information content (AvgIpc) is 2.18. The smallest absolute Gasteiger partial charge is 0.139 e. The normalized spacial score (nSPS) is 12.9. The molecule has 2 N–H and O–H groups in total. The van der Waals surface area contributed by atoms with Crippen LogP contribution < -0.4 is 10.5 Å². The molecule has 1 unspecified atom stereocenters. The van der Waals surface area contributed by atoms with Crippen LogP contribution in [0.4, 0.5) is 0 Å². The van der Waals surface area contributed by atoms with Crippen molar-refractivity contribution in [2.24, 2.45) is 11.7 Å². The molecule has 0 aromatic heterocycles. The first-order chi connectivity index (χ1) is 7.00. The Hall–Kier alpha value is -0.440. The number of ether oxygens (including phenoxy) is 1. The molecule has 0 aliphatic heterocycles. The molecule has 0 heterocycles. The lowest BCUT2D eigenvalue weighted by Gasteiger charge is -2.17. The summed E-state index contributed by atoms with van der Waals surface area (Å²) in [6.45, 7) is 4.54. The molecule has 2 nitrogen and oxygen atoms in total. The molecule has 4 heteroatoms. The van der Waals surface area contributed by atoms with Crippen molar-refractivity contribution in [2.45, 2.75) is 19.9 Å². The number of benzene rings is 1. The van der Waals surface area contributed by atoms with E-state index >= 15 is 0 Å². The zero-order chi connectivity index (χ0) is 11.4. The minimum Gasteiger partial charge on any atom is -0.490 e. The van der Waals surface area contributed by atoms with Crippen LogP contribution in [0.1, 0.15) is 13.8 Å². The zero-order valence-corrected chi connectivity index (χ0v) is 10.3. The fourth-order valence-corrected chi connectivity index (χ4v) is 1.30. The van der Waals surface area contributed by atoms with Gasteiger partial charge in [0, 0.05) is 17.1 Å². The van der Waals surface area contributed by atoms with Gasteiger partial charge in [-0.15, -0.1) is 0 Å². The zero-order valence-electron chi connectivity index (χ0n) is 8.84. The first-order valence-corrected chi connectivity index (χ1v) is 5.59. The second-order valence-corrected chi connectivity index (χ2v) is 4.64. The van der Waals surface area contributed by atoms with Crippen molar-refractivity contribution in [3.63, 3.8) is 0 Å². The van der Waals surface area contributed by atoms with Crippen LogP contribution in [0, 0.1) is 5.92 Å². The second-order valence-electron chi connectivity index (χ2n) is 3.79. The van der Waals surface area contributed by atoms with E-state index in [9.17, 15) is 0 Å². The SMILES string of the molecule is CC(C)C(N)COc1cc(Cl)ccc1Cl. The highest BCUT2D eigenvalue weighted by atomic mass is 35.5. The Balaban J connectivity index is 2.61. The van der Waals surface area contributed by atoms with E-state index in [-0.39, 0.29) is 6.04 Å². The fourth-order valence-electron chi connectivity index (χ4n) is 0.966. The number of hydrogen-bond donors (Lipinski definition) is 1. The van der Waals surface area contributed by atoms with E-state index in [1.807, 2.05) is 13.8 Å². The van der Waals surface area contributed by atoms with Crippen LogP contribution in [-0.2, 0) is 0 Å². The van der Waals surface area contributed by atoms with Gasteiger partial charge in [-0.3, -0.25) is 0 Å². The van der Waals surface area contributed by atoms with Crippen LogP contribution in [0.3, 0.4) is 0 Å². The Bertz CT molecular complexity index is 328. The molecule has 1 atom stereocenters. The molecule has 1 aromatic carbocycles. The van der Waals surface area contributed by atoms with Gasteiger partial charge in [-0.25, -0.2) is 0 Å². The Morgan fingerprint density at radius 2 is 2.00 bits per heavy atom. The lowest BCUT2D eigenvalue weighted by molar-refractivity contribution is 0.260. The van der Waals surface area contributed by atoms with Gasteiger partial charge in [0.15, 0.2) is 0 Å². The number of hydrogen-bond acceptors (Lipinski definition) is 2. The minimum absolute atomic E-state index is 0.0000447. The average molecular weight is 248 g/mol. The van der Waals surface area contributed by atoms with Crippen molar-refractivity contribution in [3.05, 3.63) is 28.2 Å². The third kappa shape index (κ3) is 3.90. The largest absolute Gasteiger partial charge is 0.490 e. The van der Waals surface area contributed by atoms with Gasteiger partial charge in [-0.1, -0.05) is 37.0 Å². The molecular weight excluding hydrogens is 233 g/mol. The van der Waals surface area contributed by atoms with Gasteiger partial charge in [-0.05, 0) is 18.1 Å². The van der Waals surface area contributed by atoms with Crippen molar-refractivity contribution >= 4 is 23.2 Å². The summed E-state index contributed by atoms with van der Waals surface area (Å²) in [5, 5.41) is 1.16. The molecule has 0 spiro atoms. The van der Waals surface area contributed by atoms with Gasteiger partial charge in [0.2, 0.25) is 0 Å². The van der Waals surface area contributed by atoms with E-state index in [4.69, 9.17) is 33.7 Å². The van der Waals surface area contributed by atoms with Gasteiger partial charge in [0.05, 0.1) is 5.02 Å². The predicted molar refractivity (Wildman–Crippen MR) is 64.8 cm³/mol. The predicted octanol–water partition coefficient (Wildman–Crippen LogP) is 3.36. The van der Waals surface area contributed by atoms with E-state index < -0.39 is 0 Å². The Morgan fingerprint density at radius 3 is 2.60 bits per heavy atom. The van der Waals surface area contributed by atoms with Gasteiger partial charge in [-0.2, -0.15) is 0 Å². The lowest BCUT2D eigenvalue weighted by atomic mass is 10.1. The molecule has 0 radical (unpaired) electrons. The number of halogens is 2. The topological polar surface area (TPSA) is 35.2 Å². The Kier molecular flexibility index (Phi) is 4.71. The Morgan fingerprint density at radius 1 is 1.33 bits per heavy atom. The fraction of sp³-hybridized carbons (Fsp3) is 0.455. The van der Waals surface area contributed by atoms with Gasteiger partial charge in [0.1, 0.15) is 12.4 Å². The van der Waals surface area contributed by atoms with Crippen LogP contribution in [0.2, 0.25) is 10.0 Å². The summed E-state index contributed by atoms with van der Waals surface area (Å²) in [4.78, 5) is 0. The Labute approximate surface area is 100 Å². The molecule has 0 amide bonds. The second kappa shape index (κ2) is 5.59. The van der Waals surface area contributed by atoms with E-state index in [1.165, 1.54) is 0 Å². The molecule has 0 aliphatic carbocycles. The van der Waals surface area contributed by atoms with Gasteiger partial charge >= 0.3 is 0 Å². The van der Waals surface area contributed by atoms with Crippen LogP contribution in [-0.4, -0.2) is 12.6 Å². The van der Waals surface area contributed by atoms with E-state index in [2.05, 4.69) is 0 Å². The molecule has 0 fully saturated rings. The number of nitrogens with two attached hydrogens (primary N) is 1. The highest BCUT2D eigenvalue weighted by molar-refractivity contribution is 6.34. The maximum atomic E-state index is 5.93. The molecule has 1 aromatic rings. The maximum Gasteiger partial charge on any atom is 0.139 e. The van der Waals surface area contributed by atoms with E-state index in [0.29, 0.717) is 28.3 Å². The molecule has 0 bridgehead atoms. The maximum absolute atomic E-state index is 5.93. The van der Waals surface area contributed by atoms with Gasteiger partial charge < -0.3 is 10.5 Å². The summed E-state index contributed by atoms with van der Waals surface area (Å²) >= 11 is 11.8. The van der Waals surface area contributed by atoms with Crippen molar-refractivity contribution in [1.82, 2.24) is 0 Å².